The number of carbonyl (C=O) groups is 1. The number of nitrogens with zero attached hydrogens (tertiary/aromatic N) is 2. The van der Waals surface area contributed by atoms with Gasteiger partial charge in [0, 0.05) is 47.2 Å². The fourth-order valence-electron chi connectivity index (χ4n) is 2.73. The minimum atomic E-state index is -0.415. The lowest BCUT2D eigenvalue weighted by atomic mass is 9.98. The van der Waals surface area contributed by atoms with Gasteiger partial charge in [0.1, 0.15) is 5.75 Å². The van der Waals surface area contributed by atoms with E-state index in [1.54, 1.807) is 13.3 Å². The quantitative estimate of drug-likeness (QED) is 0.696. The van der Waals surface area contributed by atoms with Crippen molar-refractivity contribution in [2.45, 2.75) is 6.92 Å². The highest BCUT2D eigenvalue weighted by Gasteiger charge is 2.18. The number of rotatable bonds is 3. The number of fused-ring (bicyclic) bond motifs is 1. The Morgan fingerprint density at radius 3 is 2.65 bits per heavy atom. The standard InChI is InChI=1S/C18H18N2O3/c1-11-7-13(15(10-19-11)18(21)23-4)14-9-16-12(5-6-20(16)2)8-17(14)22-3/h5-10H,1-4H3. The van der Waals surface area contributed by atoms with Gasteiger partial charge in [-0.3, -0.25) is 4.98 Å². The van der Waals surface area contributed by atoms with Gasteiger partial charge in [-0.1, -0.05) is 0 Å². The summed E-state index contributed by atoms with van der Waals surface area (Å²) in [5.74, 6) is 0.293. The molecule has 5 heteroatoms. The molecule has 5 nitrogen and oxygen atoms in total. The van der Waals surface area contributed by atoms with Gasteiger partial charge in [0.05, 0.1) is 19.8 Å². The predicted octanol–water partition coefficient (Wildman–Crippen LogP) is 3.34. The van der Waals surface area contributed by atoms with E-state index in [1.807, 2.05) is 49.0 Å². The largest absolute Gasteiger partial charge is 0.496 e. The molecule has 0 fully saturated rings. The maximum Gasteiger partial charge on any atom is 0.340 e. The Bertz CT molecular complexity index is 897. The zero-order valence-electron chi connectivity index (χ0n) is 13.6. The summed E-state index contributed by atoms with van der Waals surface area (Å²) in [5, 5.41) is 1.08. The first-order valence-corrected chi connectivity index (χ1v) is 7.23. The average molecular weight is 310 g/mol. The number of methoxy groups -OCH3 is 2. The summed E-state index contributed by atoms with van der Waals surface area (Å²) in [7, 11) is 4.97. The summed E-state index contributed by atoms with van der Waals surface area (Å²) in [6.45, 7) is 1.89. The molecule has 0 aliphatic heterocycles. The number of ether oxygens (including phenoxy) is 2. The molecule has 0 saturated carbocycles. The van der Waals surface area contributed by atoms with E-state index in [1.165, 1.54) is 7.11 Å². The van der Waals surface area contributed by atoms with Crippen molar-refractivity contribution in [3.63, 3.8) is 0 Å². The summed E-state index contributed by atoms with van der Waals surface area (Å²) in [6, 6.07) is 7.90. The number of aryl methyl sites for hydroxylation is 2. The summed E-state index contributed by atoms with van der Waals surface area (Å²) in [6.07, 6.45) is 3.54. The van der Waals surface area contributed by atoms with Gasteiger partial charge in [-0.2, -0.15) is 0 Å². The third kappa shape index (κ3) is 2.54. The van der Waals surface area contributed by atoms with Crippen LogP contribution in [0.4, 0.5) is 0 Å². The van der Waals surface area contributed by atoms with E-state index in [0.29, 0.717) is 11.3 Å². The molecule has 0 saturated heterocycles. The Labute approximate surface area is 134 Å². The molecule has 0 unspecified atom stereocenters. The first kappa shape index (κ1) is 15.1. The molecule has 1 aromatic carbocycles. The van der Waals surface area contributed by atoms with Crippen LogP contribution in [0.15, 0.2) is 36.7 Å². The number of hydrogen-bond acceptors (Lipinski definition) is 4. The van der Waals surface area contributed by atoms with E-state index < -0.39 is 5.97 Å². The number of carbonyl (C=O) groups excluding carboxylic acids is 1. The first-order valence-electron chi connectivity index (χ1n) is 7.23. The molecule has 3 rings (SSSR count). The predicted molar refractivity (Wildman–Crippen MR) is 88.8 cm³/mol. The molecule has 0 aliphatic rings. The number of hydrogen-bond donors (Lipinski definition) is 0. The molecular formula is C18H18N2O3. The van der Waals surface area contributed by atoms with Crippen LogP contribution in [0.5, 0.6) is 5.75 Å². The SMILES string of the molecule is COC(=O)c1cnc(C)cc1-c1cc2c(ccn2C)cc1OC. The normalized spacial score (nSPS) is 10.8. The molecule has 0 bridgehead atoms. The van der Waals surface area contributed by atoms with Crippen LogP contribution in [-0.2, 0) is 11.8 Å². The number of benzene rings is 1. The molecule has 0 radical (unpaired) electrons. The average Bonchev–Trinajstić information content (AvgIpc) is 2.93. The van der Waals surface area contributed by atoms with Gasteiger partial charge in [-0.25, -0.2) is 4.79 Å². The highest BCUT2D eigenvalue weighted by atomic mass is 16.5. The van der Waals surface area contributed by atoms with Crippen LogP contribution in [0.1, 0.15) is 16.1 Å². The number of aromatic nitrogens is 2. The van der Waals surface area contributed by atoms with Crippen LogP contribution < -0.4 is 4.74 Å². The van der Waals surface area contributed by atoms with Crippen molar-refractivity contribution in [2.75, 3.05) is 14.2 Å². The highest BCUT2D eigenvalue weighted by molar-refractivity contribution is 6.00. The van der Waals surface area contributed by atoms with E-state index in [0.717, 1.165) is 27.7 Å². The van der Waals surface area contributed by atoms with Gasteiger partial charge in [0.15, 0.2) is 0 Å². The molecule has 0 N–H and O–H groups in total. The van der Waals surface area contributed by atoms with E-state index in [4.69, 9.17) is 9.47 Å². The Hall–Kier alpha value is -2.82. The molecule has 2 heterocycles. The molecule has 0 spiro atoms. The van der Waals surface area contributed by atoms with Gasteiger partial charge in [-0.05, 0) is 31.2 Å². The highest BCUT2D eigenvalue weighted by Crippen LogP contribution is 2.36. The maximum atomic E-state index is 12.1. The van der Waals surface area contributed by atoms with Crippen LogP contribution in [0.2, 0.25) is 0 Å². The van der Waals surface area contributed by atoms with Crippen LogP contribution in [0.25, 0.3) is 22.0 Å². The van der Waals surface area contributed by atoms with Crippen LogP contribution in [-0.4, -0.2) is 29.7 Å². The van der Waals surface area contributed by atoms with E-state index in [-0.39, 0.29) is 0 Å². The minimum Gasteiger partial charge on any atom is -0.496 e. The molecule has 0 amide bonds. The zero-order valence-corrected chi connectivity index (χ0v) is 13.6. The zero-order chi connectivity index (χ0) is 16.6. The second-order valence-electron chi connectivity index (χ2n) is 5.40. The van der Waals surface area contributed by atoms with E-state index >= 15 is 0 Å². The lowest BCUT2D eigenvalue weighted by molar-refractivity contribution is 0.0601. The number of pyridine rings is 1. The molecule has 0 atom stereocenters. The van der Waals surface area contributed by atoms with Crippen LogP contribution in [0.3, 0.4) is 0 Å². The van der Waals surface area contributed by atoms with Crippen molar-refractivity contribution in [3.05, 3.63) is 47.9 Å². The van der Waals surface area contributed by atoms with Crippen molar-refractivity contribution < 1.29 is 14.3 Å². The second kappa shape index (κ2) is 5.76. The number of esters is 1. The maximum absolute atomic E-state index is 12.1. The van der Waals surface area contributed by atoms with Crippen LogP contribution >= 0.6 is 0 Å². The van der Waals surface area contributed by atoms with Crippen molar-refractivity contribution in [2.24, 2.45) is 7.05 Å². The minimum absolute atomic E-state index is 0.415. The molecule has 118 valence electrons. The van der Waals surface area contributed by atoms with Crippen LogP contribution in [0, 0.1) is 6.92 Å². The van der Waals surface area contributed by atoms with Crippen molar-refractivity contribution in [3.8, 4) is 16.9 Å². The summed E-state index contributed by atoms with van der Waals surface area (Å²) in [5.41, 5.74) is 3.90. The molecule has 23 heavy (non-hydrogen) atoms. The van der Waals surface area contributed by atoms with Crippen molar-refractivity contribution >= 4 is 16.9 Å². The lowest BCUT2D eigenvalue weighted by Gasteiger charge is -2.13. The summed E-state index contributed by atoms with van der Waals surface area (Å²) in [4.78, 5) is 16.3. The second-order valence-corrected chi connectivity index (χ2v) is 5.40. The first-order chi connectivity index (χ1) is 11.0. The third-order valence-electron chi connectivity index (χ3n) is 3.94. The fraction of sp³-hybridized carbons (Fsp3) is 0.222. The lowest BCUT2D eigenvalue weighted by Crippen LogP contribution is -2.05. The Balaban J connectivity index is 2.33. The third-order valence-corrected chi connectivity index (χ3v) is 3.94. The summed E-state index contributed by atoms with van der Waals surface area (Å²) < 4.78 is 12.5. The van der Waals surface area contributed by atoms with E-state index in [2.05, 4.69) is 4.98 Å². The Kier molecular flexibility index (Phi) is 3.78. The van der Waals surface area contributed by atoms with Gasteiger partial charge in [-0.15, -0.1) is 0 Å². The summed E-state index contributed by atoms with van der Waals surface area (Å²) >= 11 is 0. The van der Waals surface area contributed by atoms with Crippen molar-refractivity contribution in [1.29, 1.82) is 0 Å². The molecule has 2 aromatic heterocycles. The monoisotopic (exact) mass is 310 g/mol. The van der Waals surface area contributed by atoms with Gasteiger partial charge in [0.25, 0.3) is 0 Å². The molecular weight excluding hydrogens is 292 g/mol. The molecule has 0 aliphatic carbocycles. The van der Waals surface area contributed by atoms with Gasteiger partial charge in [0.2, 0.25) is 0 Å². The van der Waals surface area contributed by atoms with Crippen molar-refractivity contribution in [1.82, 2.24) is 9.55 Å². The smallest absolute Gasteiger partial charge is 0.340 e. The fourth-order valence-corrected chi connectivity index (χ4v) is 2.73. The topological polar surface area (TPSA) is 53.3 Å². The molecule has 3 aromatic rings. The van der Waals surface area contributed by atoms with E-state index in [9.17, 15) is 4.79 Å². The Morgan fingerprint density at radius 2 is 1.96 bits per heavy atom. The van der Waals surface area contributed by atoms with Gasteiger partial charge < -0.3 is 14.0 Å². The van der Waals surface area contributed by atoms with Gasteiger partial charge >= 0.3 is 5.97 Å². The Morgan fingerprint density at radius 1 is 1.17 bits per heavy atom.